The molecule has 108 valence electrons. The van der Waals surface area contributed by atoms with Gasteiger partial charge in [0.25, 0.3) is 0 Å². The second-order valence-electron chi connectivity index (χ2n) is 5.00. The Kier molecular flexibility index (Phi) is 5.14. The molecule has 2 N–H and O–H groups in total. The summed E-state index contributed by atoms with van der Waals surface area (Å²) in [6, 6.07) is -1.28. The van der Waals surface area contributed by atoms with E-state index < -0.39 is 12.0 Å². The lowest BCUT2D eigenvalue weighted by Gasteiger charge is -2.35. The number of carboxylic acid groups (broad SMARTS) is 1. The minimum Gasteiger partial charge on any atom is -0.480 e. The van der Waals surface area contributed by atoms with Gasteiger partial charge in [-0.15, -0.1) is 0 Å². The number of hydrogen-bond donors (Lipinski definition) is 2. The van der Waals surface area contributed by atoms with Crippen molar-refractivity contribution in [3.05, 3.63) is 0 Å². The lowest BCUT2D eigenvalue weighted by molar-refractivity contribution is -0.140. The summed E-state index contributed by atoms with van der Waals surface area (Å²) in [5.74, 6) is -1.23. The van der Waals surface area contributed by atoms with Gasteiger partial charge in [-0.25, -0.2) is 9.59 Å². The molecule has 0 aromatic heterocycles. The minimum absolute atomic E-state index is 0.00866. The molecule has 0 aromatic rings. The van der Waals surface area contributed by atoms with Crippen LogP contribution in [0.2, 0.25) is 0 Å². The molecule has 1 fully saturated rings. The maximum absolute atomic E-state index is 11.9. The Labute approximate surface area is 112 Å². The van der Waals surface area contributed by atoms with Crippen molar-refractivity contribution in [3.63, 3.8) is 0 Å². The third-order valence-corrected chi connectivity index (χ3v) is 3.22. The average Bonchev–Trinajstić information content (AvgIpc) is 2.34. The van der Waals surface area contributed by atoms with Crippen molar-refractivity contribution in [3.8, 4) is 0 Å². The Hall–Kier alpha value is -1.79. The second kappa shape index (κ2) is 6.40. The molecule has 1 rings (SSSR count). The van der Waals surface area contributed by atoms with Crippen molar-refractivity contribution in [2.45, 2.75) is 26.8 Å². The number of carbonyl (C=O) groups excluding carboxylic acids is 2. The number of urea groups is 1. The van der Waals surface area contributed by atoms with Gasteiger partial charge in [0, 0.05) is 33.1 Å². The van der Waals surface area contributed by atoms with Crippen LogP contribution in [0.3, 0.4) is 0 Å². The molecule has 1 heterocycles. The molecule has 7 heteroatoms. The third kappa shape index (κ3) is 4.11. The highest BCUT2D eigenvalue weighted by Gasteiger charge is 2.28. The van der Waals surface area contributed by atoms with E-state index in [0.717, 1.165) is 0 Å². The second-order valence-corrected chi connectivity index (χ2v) is 5.00. The smallest absolute Gasteiger partial charge is 0.326 e. The van der Waals surface area contributed by atoms with Gasteiger partial charge in [0.1, 0.15) is 6.04 Å². The van der Waals surface area contributed by atoms with E-state index in [2.05, 4.69) is 5.32 Å². The zero-order valence-corrected chi connectivity index (χ0v) is 11.5. The first-order valence-corrected chi connectivity index (χ1v) is 6.36. The van der Waals surface area contributed by atoms with Gasteiger partial charge in [0.05, 0.1) is 0 Å². The molecular formula is C12H21N3O4. The zero-order chi connectivity index (χ0) is 14.6. The highest BCUT2D eigenvalue weighted by molar-refractivity contribution is 5.83. The van der Waals surface area contributed by atoms with Gasteiger partial charge in [-0.05, 0) is 5.92 Å². The number of nitrogens with one attached hydrogen (secondary N) is 1. The van der Waals surface area contributed by atoms with Crippen molar-refractivity contribution in [1.29, 1.82) is 0 Å². The molecule has 1 saturated heterocycles. The number of nitrogens with zero attached hydrogens (tertiary/aromatic N) is 2. The predicted molar refractivity (Wildman–Crippen MR) is 68.6 cm³/mol. The van der Waals surface area contributed by atoms with E-state index >= 15 is 0 Å². The highest BCUT2D eigenvalue weighted by atomic mass is 16.4. The molecule has 0 spiro atoms. The summed E-state index contributed by atoms with van der Waals surface area (Å²) in [4.78, 5) is 37.3. The Morgan fingerprint density at radius 3 is 1.89 bits per heavy atom. The van der Waals surface area contributed by atoms with E-state index in [4.69, 9.17) is 5.11 Å². The molecule has 3 amide bonds. The summed E-state index contributed by atoms with van der Waals surface area (Å²) in [5, 5.41) is 11.5. The number of aliphatic carboxylic acids is 1. The first-order chi connectivity index (χ1) is 8.82. The fourth-order valence-corrected chi connectivity index (χ4v) is 1.96. The normalized spacial score (nSPS) is 17.3. The lowest BCUT2D eigenvalue weighted by atomic mass is 10.1. The van der Waals surface area contributed by atoms with Gasteiger partial charge in [0.2, 0.25) is 5.91 Å². The molecular weight excluding hydrogens is 250 g/mol. The lowest BCUT2D eigenvalue weighted by Crippen LogP contribution is -2.56. The van der Waals surface area contributed by atoms with Crippen molar-refractivity contribution in [2.75, 3.05) is 26.2 Å². The molecule has 0 radical (unpaired) electrons. The molecule has 1 aliphatic heterocycles. The van der Waals surface area contributed by atoms with E-state index in [-0.39, 0.29) is 17.9 Å². The zero-order valence-electron chi connectivity index (χ0n) is 11.5. The number of rotatable bonds is 3. The Bertz CT molecular complexity index is 362. The van der Waals surface area contributed by atoms with Crippen LogP contribution in [0.4, 0.5) is 4.79 Å². The van der Waals surface area contributed by atoms with Crippen molar-refractivity contribution >= 4 is 17.9 Å². The van der Waals surface area contributed by atoms with Crippen LogP contribution in [0.1, 0.15) is 20.8 Å². The maximum Gasteiger partial charge on any atom is 0.326 e. The average molecular weight is 271 g/mol. The number of amides is 3. The molecule has 0 aromatic carbocycles. The monoisotopic (exact) mass is 271 g/mol. The Balaban J connectivity index is 2.51. The SMILES string of the molecule is CC(=O)N1CCN(C(=O)N[C@H](C(=O)O)C(C)C)CC1. The summed E-state index contributed by atoms with van der Waals surface area (Å²) >= 11 is 0. The number of hydrogen-bond acceptors (Lipinski definition) is 3. The largest absolute Gasteiger partial charge is 0.480 e. The van der Waals surface area contributed by atoms with Crippen LogP contribution in [-0.4, -0.2) is 65.0 Å². The van der Waals surface area contributed by atoms with Crippen LogP contribution < -0.4 is 5.32 Å². The van der Waals surface area contributed by atoms with Gasteiger partial charge in [-0.2, -0.15) is 0 Å². The van der Waals surface area contributed by atoms with Crippen LogP contribution in [0, 0.1) is 5.92 Å². The topological polar surface area (TPSA) is 90.0 Å². The van der Waals surface area contributed by atoms with Crippen LogP contribution >= 0.6 is 0 Å². The molecule has 0 unspecified atom stereocenters. The van der Waals surface area contributed by atoms with Gasteiger partial charge in [-0.3, -0.25) is 4.79 Å². The van der Waals surface area contributed by atoms with E-state index in [0.29, 0.717) is 26.2 Å². The molecule has 1 atom stereocenters. The summed E-state index contributed by atoms with van der Waals surface area (Å²) in [5.41, 5.74) is 0. The van der Waals surface area contributed by atoms with Crippen LogP contribution in [0.15, 0.2) is 0 Å². The fraction of sp³-hybridized carbons (Fsp3) is 0.750. The maximum atomic E-state index is 11.9. The Morgan fingerprint density at radius 2 is 1.53 bits per heavy atom. The number of carbonyl (C=O) groups is 3. The van der Waals surface area contributed by atoms with Gasteiger partial charge < -0.3 is 20.2 Å². The predicted octanol–water partition coefficient (Wildman–Crippen LogP) is -0.0307. The highest BCUT2D eigenvalue weighted by Crippen LogP contribution is 2.06. The molecule has 0 aliphatic carbocycles. The molecule has 1 aliphatic rings. The minimum atomic E-state index is -1.04. The molecule has 19 heavy (non-hydrogen) atoms. The summed E-state index contributed by atoms with van der Waals surface area (Å²) in [6.07, 6.45) is 0. The van der Waals surface area contributed by atoms with Crippen molar-refractivity contribution in [2.24, 2.45) is 5.92 Å². The summed E-state index contributed by atoms with van der Waals surface area (Å²) in [6.45, 7) is 6.81. The van der Waals surface area contributed by atoms with Crippen LogP contribution in [-0.2, 0) is 9.59 Å². The van der Waals surface area contributed by atoms with Gasteiger partial charge in [0.15, 0.2) is 0 Å². The quantitative estimate of drug-likeness (QED) is 0.754. The van der Waals surface area contributed by atoms with E-state index in [1.165, 1.54) is 11.8 Å². The number of piperazine rings is 1. The summed E-state index contributed by atoms with van der Waals surface area (Å²) < 4.78 is 0. The first-order valence-electron chi connectivity index (χ1n) is 6.36. The van der Waals surface area contributed by atoms with Crippen LogP contribution in [0.5, 0.6) is 0 Å². The summed E-state index contributed by atoms with van der Waals surface area (Å²) in [7, 11) is 0. The number of carboxylic acids is 1. The standard InChI is InChI=1S/C12H21N3O4/c1-8(2)10(11(17)18)13-12(19)15-6-4-14(5-7-15)9(3)16/h8,10H,4-7H2,1-3H3,(H,13,19)(H,17,18)/t10-/m0/s1. The first kappa shape index (κ1) is 15.3. The van der Waals surface area contributed by atoms with Gasteiger partial charge >= 0.3 is 12.0 Å². The van der Waals surface area contributed by atoms with E-state index in [1.54, 1.807) is 18.7 Å². The molecule has 0 saturated carbocycles. The van der Waals surface area contributed by atoms with Crippen LogP contribution in [0.25, 0.3) is 0 Å². The fourth-order valence-electron chi connectivity index (χ4n) is 1.96. The van der Waals surface area contributed by atoms with E-state index in [9.17, 15) is 14.4 Å². The molecule has 0 bridgehead atoms. The third-order valence-electron chi connectivity index (χ3n) is 3.22. The van der Waals surface area contributed by atoms with E-state index in [1.807, 2.05) is 0 Å². The van der Waals surface area contributed by atoms with Crippen molar-refractivity contribution in [1.82, 2.24) is 15.1 Å². The van der Waals surface area contributed by atoms with Gasteiger partial charge in [-0.1, -0.05) is 13.8 Å². The Morgan fingerprint density at radius 1 is 1.05 bits per heavy atom. The molecule has 7 nitrogen and oxygen atoms in total. The van der Waals surface area contributed by atoms with Crippen molar-refractivity contribution < 1.29 is 19.5 Å².